The molecule has 3 heterocycles. The Bertz CT molecular complexity index is 954. The lowest BCUT2D eigenvalue weighted by Crippen LogP contribution is -2.38. The largest absolute Gasteiger partial charge is 0.497 e. The van der Waals surface area contributed by atoms with Gasteiger partial charge < -0.3 is 19.4 Å². The highest BCUT2D eigenvalue weighted by Gasteiger charge is 2.32. The molecule has 1 amide bonds. The van der Waals surface area contributed by atoms with E-state index in [9.17, 15) is 4.79 Å². The summed E-state index contributed by atoms with van der Waals surface area (Å²) in [7, 11) is 3.12. The van der Waals surface area contributed by atoms with Crippen molar-refractivity contribution >= 4 is 5.91 Å². The quantitative estimate of drug-likeness (QED) is 0.760. The summed E-state index contributed by atoms with van der Waals surface area (Å²) in [6.45, 7) is 0.969. The van der Waals surface area contributed by atoms with E-state index in [0.717, 1.165) is 22.7 Å². The lowest BCUT2D eigenvalue weighted by atomic mass is 9.90. The first-order valence-corrected chi connectivity index (χ1v) is 8.51. The Morgan fingerprint density at radius 3 is 2.74 bits per heavy atom. The maximum atomic E-state index is 13.0. The van der Waals surface area contributed by atoms with Crippen LogP contribution in [0.25, 0.3) is 0 Å². The van der Waals surface area contributed by atoms with Crippen LogP contribution in [0.3, 0.4) is 0 Å². The van der Waals surface area contributed by atoms with Gasteiger partial charge in [-0.05, 0) is 17.7 Å². The number of aromatic amines is 1. The number of aromatic nitrogens is 4. The Morgan fingerprint density at radius 1 is 1.19 bits per heavy atom. The van der Waals surface area contributed by atoms with E-state index in [1.165, 1.54) is 19.5 Å². The molecule has 4 rings (SSSR count). The summed E-state index contributed by atoms with van der Waals surface area (Å²) in [4.78, 5) is 30.4. The molecule has 1 aliphatic heterocycles. The van der Waals surface area contributed by atoms with E-state index >= 15 is 0 Å². The van der Waals surface area contributed by atoms with Crippen LogP contribution in [0.5, 0.6) is 11.8 Å². The second-order valence-corrected chi connectivity index (χ2v) is 6.24. The number of carbonyl (C=O) groups is 1. The number of amides is 1. The predicted octanol–water partition coefficient (Wildman–Crippen LogP) is 2.00. The summed E-state index contributed by atoms with van der Waals surface area (Å²) >= 11 is 0. The zero-order valence-corrected chi connectivity index (χ0v) is 15.0. The smallest absolute Gasteiger partial charge is 0.316 e. The van der Waals surface area contributed by atoms with Crippen LogP contribution >= 0.6 is 0 Å². The molecule has 27 heavy (non-hydrogen) atoms. The highest BCUT2D eigenvalue weighted by molar-refractivity contribution is 5.93. The number of H-pyrrole nitrogens is 1. The Balaban J connectivity index is 1.65. The molecule has 1 aromatic carbocycles. The van der Waals surface area contributed by atoms with Gasteiger partial charge in [0.05, 0.1) is 44.0 Å². The summed E-state index contributed by atoms with van der Waals surface area (Å²) in [5.41, 5.74) is 3.35. The number of ether oxygens (including phenoxy) is 2. The third kappa shape index (κ3) is 3.21. The lowest BCUT2D eigenvalue weighted by Gasteiger charge is -2.32. The van der Waals surface area contributed by atoms with Crippen molar-refractivity contribution in [3.63, 3.8) is 0 Å². The van der Waals surface area contributed by atoms with Gasteiger partial charge in [0.2, 0.25) is 0 Å². The molecule has 0 spiro atoms. The minimum Gasteiger partial charge on any atom is -0.497 e. The molecular weight excluding hydrogens is 346 g/mol. The van der Waals surface area contributed by atoms with Crippen LogP contribution in [0.1, 0.15) is 33.2 Å². The summed E-state index contributed by atoms with van der Waals surface area (Å²) in [5.74, 6) is 0.598. The minimum absolute atomic E-state index is 0.0433. The number of benzene rings is 1. The molecule has 0 saturated carbocycles. The van der Waals surface area contributed by atoms with Crippen molar-refractivity contribution in [3.8, 4) is 11.8 Å². The number of methoxy groups -OCH3 is 2. The molecule has 8 heteroatoms. The van der Waals surface area contributed by atoms with Gasteiger partial charge in [-0.15, -0.1) is 0 Å². The summed E-state index contributed by atoms with van der Waals surface area (Å²) < 4.78 is 10.3. The number of nitrogens with one attached hydrogen (secondary N) is 1. The van der Waals surface area contributed by atoms with Crippen LogP contribution in [0.4, 0.5) is 0 Å². The fraction of sp³-hybridized carbons (Fsp3) is 0.263. The molecule has 0 aliphatic carbocycles. The van der Waals surface area contributed by atoms with Crippen LogP contribution in [0.2, 0.25) is 0 Å². The van der Waals surface area contributed by atoms with Gasteiger partial charge in [-0.2, -0.15) is 0 Å². The number of hydrogen-bond donors (Lipinski definition) is 1. The molecule has 8 nitrogen and oxygen atoms in total. The van der Waals surface area contributed by atoms with Gasteiger partial charge in [0, 0.05) is 24.9 Å². The average molecular weight is 365 g/mol. The second kappa shape index (κ2) is 7.06. The lowest BCUT2D eigenvalue weighted by molar-refractivity contribution is 0.0721. The second-order valence-electron chi connectivity index (χ2n) is 6.24. The number of rotatable bonds is 4. The number of fused-ring (bicyclic) bond motifs is 1. The van der Waals surface area contributed by atoms with E-state index in [1.807, 2.05) is 24.3 Å². The number of nitrogens with zero attached hydrogens (tertiary/aromatic N) is 4. The number of carbonyl (C=O) groups excluding carboxylic acids is 1. The number of imidazole rings is 1. The fourth-order valence-corrected chi connectivity index (χ4v) is 3.31. The normalized spacial score (nSPS) is 15.9. The first-order valence-electron chi connectivity index (χ1n) is 8.51. The van der Waals surface area contributed by atoms with Crippen LogP contribution < -0.4 is 9.47 Å². The molecule has 1 unspecified atom stereocenters. The zero-order chi connectivity index (χ0) is 18.8. The molecule has 3 aromatic rings. The van der Waals surface area contributed by atoms with Gasteiger partial charge in [-0.3, -0.25) is 4.79 Å². The third-order valence-corrected chi connectivity index (χ3v) is 4.67. The Hall–Kier alpha value is -3.42. The average Bonchev–Trinajstić information content (AvgIpc) is 3.21. The first kappa shape index (κ1) is 17.0. The Kier molecular flexibility index (Phi) is 4.45. The summed E-state index contributed by atoms with van der Waals surface area (Å²) in [6, 6.07) is 8.08. The van der Waals surface area contributed by atoms with Crippen LogP contribution in [0, 0.1) is 0 Å². The van der Waals surface area contributed by atoms with Gasteiger partial charge in [0.15, 0.2) is 0 Å². The maximum Gasteiger partial charge on any atom is 0.316 e. The molecule has 0 saturated heterocycles. The van der Waals surface area contributed by atoms with Crippen molar-refractivity contribution in [1.29, 1.82) is 0 Å². The standard InChI is InChI=1S/C19H19N5O3/c1-26-14-5-3-4-12(6-14)15-9-24(10-16-17(15)23-11-22-16)18(25)13-7-20-19(27-2)21-8-13/h3-8,11,15H,9-10H2,1-2H3,(H,22,23). The van der Waals surface area contributed by atoms with Gasteiger partial charge in [0.1, 0.15) is 5.75 Å². The first-order chi connectivity index (χ1) is 13.2. The van der Waals surface area contributed by atoms with Crippen molar-refractivity contribution in [1.82, 2.24) is 24.8 Å². The van der Waals surface area contributed by atoms with Crippen LogP contribution in [-0.2, 0) is 6.54 Å². The van der Waals surface area contributed by atoms with Gasteiger partial charge in [0.25, 0.3) is 5.91 Å². The van der Waals surface area contributed by atoms with Gasteiger partial charge in [-0.1, -0.05) is 12.1 Å². The monoisotopic (exact) mass is 365 g/mol. The van der Waals surface area contributed by atoms with E-state index in [2.05, 4.69) is 19.9 Å². The topological polar surface area (TPSA) is 93.2 Å². The van der Waals surface area contributed by atoms with Crippen molar-refractivity contribution in [3.05, 3.63) is 65.5 Å². The highest BCUT2D eigenvalue weighted by atomic mass is 16.5. The molecule has 1 N–H and O–H groups in total. The molecule has 1 aliphatic rings. The van der Waals surface area contributed by atoms with Crippen molar-refractivity contribution < 1.29 is 14.3 Å². The zero-order valence-electron chi connectivity index (χ0n) is 15.0. The molecule has 2 aromatic heterocycles. The van der Waals surface area contributed by atoms with E-state index in [1.54, 1.807) is 18.3 Å². The molecule has 1 atom stereocenters. The summed E-state index contributed by atoms with van der Waals surface area (Å²) in [5, 5.41) is 0. The summed E-state index contributed by atoms with van der Waals surface area (Å²) in [6.07, 6.45) is 4.64. The van der Waals surface area contributed by atoms with E-state index < -0.39 is 0 Å². The third-order valence-electron chi connectivity index (χ3n) is 4.67. The van der Waals surface area contributed by atoms with Crippen molar-refractivity contribution in [2.45, 2.75) is 12.5 Å². The van der Waals surface area contributed by atoms with Crippen molar-refractivity contribution in [2.24, 2.45) is 0 Å². The predicted molar refractivity (Wildman–Crippen MR) is 96.7 cm³/mol. The minimum atomic E-state index is -0.134. The van der Waals surface area contributed by atoms with Crippen LogP contribution in [-0.4, -0.2) is 51.5 Å². The molecular formula is C19H19N5O3. The van der Waals surface area contributed by atoms with E-state index in [-0.39, 0.29) is 17.8 Å². The van der Waals surface area contributed by atoms with Crippen molar-refractivity contribution in [2.75, 3.05) is 20.8 Å². The molecule has 0 fully saturated rings. The van der Waals surface area contributed by atoms with Gasteiger partial charge >= 0.3 is 6.01 Å². The van der Waals surface area contributed by atoms with E-state index in [0.29, 0.717) is 18.7 Å². The maximum absolute atomic E-state index is 13.0. The van der Waals surface area contributed by atoms with Gasteiger partial charge in [-0.25, -0.2) is 15.0 Å². The Labute approximate surface area is 156 Å². The Morgan fingerprint density at radius 2 is 2.00 bits per heavy atom. The molecule has 0 radical (unpaired) electrons. The number of hydrogen-bond acceptors (Lipinski definition) is 6. The molecule has 138 valence electrons. The SMILES string of the molecule is COc1cccc(C2CN(C(=O)c3cnc(OC)nc3)Cc3[nH]cnc32)c1. The molecule has 0 bridgehead atoms. The highest BCUT2D eigenvalue weighted by Crippen LogP contribution is 2.33. The fourth-order valence-electron chi connectivity index (χ4n) is 3.31. The van der Waals surface area contributed by atoms with E-state index in [4.69, 9.17) is 9.47 Å². The van der Waals surface area contributed by atoms with Crippen LogP contribution in [0.15, 0.2) is 43.0 Å².